The molecule has 0 aliphatic carbocycles. The third kappa shape index (κ3) is 4.47. The van der Waals surface area contributed by atoms with E-state index in [0.29, 0.717) is 6.10 Å². The van der Waals surface area contributed by atoms with Crippen molar-refractivity contribution in [2.24, 2.45) is 0 Å². The van der Waals surface area contributed by atoms with Crippen LogP contribution in [0.25, 0.3) is 11.3 Å². The average Bonchev–Trinajstić information content (AvgIpc) is 2.92. The van der Waals surface area contributed by atoms with E-state index in [-0.39, 0.29) is 0 Å². The van der Waals surface area contributed by atoms with Gasteiger partial charge in [-0.15, -0.1) is 0 Å². The Morgan fingerprint density at radius 2 is 2.05 bits per heavy atom. The van der Waals surface area contributed by atoms with Gasteiger partial charge in [0, 0.05) is 18.7 Å². The van der Waals surface area contributed by atoms with E-state index in [1.54, 1.807) is 0 Å². The van der Waals surface area contributed by atoms with Crippen LogP contribution in [-0.2, 0) is 11.3 Å². The highest BCUT2D eigenvalue weighted by atomic mass is 16.5. The molecule has 0 atom stereocenters. The lowest BCUT2D eigenvalue weighted by atomic mass is 10.1. The van der Waals surface area contributed by atoms with Crippen molar-refractivity contribution < 1.29 is 4.74 Å². The number of aromatic amines is 1. The molecule has 2 N–H and O–H groups in total. The minimum atomic E-state index is 0.313. The van der Waals surface area contributed by atoms with Gasteiger partial charge in [0.15, 0.2) is 0 Å². The molecule has 2 rings (SSSR count). The maximum Gasteiger partial charge on any atom is 0.0695 e. The second kappa shape index (κ2) is 7.82. The molecule has 0 aliphatic heterocycles. The van der Waals surface area contributed by atoms with Crippen LogP contribution in [0.4, 0.5) is 0 Å². The summed E-state index contributed by atoms with van der Waals surface area (Å²) < 4.78 is 5.51. The maximum atomic E-state index is 5.51. The predicted octanol–water partition coefficient (Wildman–Crippen LogP) is 2.98. The van der Waals surface area contributed by atoms with Crippen molar-refractivity contribution in [3.05, 3.63) is 42.1 Å². The molecule has 0 saturated heterocycles. The Kier molecular flexibility index (Phi) is 5.77. The van der Waals surface area contributed by atoms with E-state index in [1.165, 1.54) is 11.1 Å². The predicted molar refractivity (Wildman–Crippen MR) is 81.4 cm³/mol. The summed E-state index contributed by atoms with van der Waals surface area (Å²) in [7, 11) is 0. The van der Waals surface area contributed by atoms with Gasteiger partial charge in [0.2, 0.25) is 0 Å². The Morgan fingerprint density at radius 3 is 2.80 bits per heavy atom. The minimum Gasteiger partial charge on any atom is -0.379 e. The molecule has 0 aliphatic rings. The van der Waals surface area contributed by atoms with Crippen molar-refractivity contribution in [2.75, 3.05) is 13.2 Å². The SMILES string of the molecule is CC(C)OCCCNCc1cn[nH]c1-c1ccccc1. The fourth-order valence-corrected chi connectivity index (χ4v) is 2.04. The number of H-pyrrole nitrogens is 1. The van der Waals surface area contributed by atoms with Gasteiger partial charge in [0.1, 0.15) is 0 Å². The lowest BCUT2D eigenvalue weighted by Gasteiger charge is -2.08. The zero-order valence-electron chi connectivity index (χ0n) is 12.2. The molecule has 2 aromatic rings. The number of benzene rings is 1. The summed E-state index contributed by atoms with van der Waals surface area (Å²) in [6.45, 7) is 6.70. The molecule has 1 heterocycles. The fourth-order valence-electron chi connectivity index (χ4n) is 2.04. The number of ether oxygens (including phenoxy) is 1. The smallest absolute Gasteiger partial charge is 0.0695 e. The molecule has 20 heavy (non-hydrogen) atoms. The second-order valence-corrected chi connectivity index (χ2v) is 5.09. The molecule has 1 aromatic heterocycles. The fraction of sp³-hybridized carbons (Fsp3) is 0.438. The summed E-state index contributed by atoms with van der Waals surface area (Å²) in [6, 6.07) is 10.3. The topological polar surface area (TPSA) is 49.9 Å². The van der Waals surface area contributed by atoms with Gasteiger partial charge in [-0.3, -0.25) is 5.10 Å². The highest BCUT2D eigenvalue weighted by Crippen LogP contribution is 2.20. The molecule has 0 unspecified atom stereocenters. The van der Waals surface area contributed by atoms with Gasteiger partial charge in [-0.2, -0.15) is 5.10 Å². The van der Waals surface area contributed by atoms with E-state index >= 15 is 0 Å². The van der Waals surface area contributed by atoms with E-state index in [0.717, 1.165) is 31.8 Å². The van der Waals surface area contributed by atoms with Crippen LogP contribution < -0.4 is 5.32 Å². The average molecular weight is 273 g/mol. The van der Waals surface area contributed by atoms with Crippen LogP contribution in [-0.4, -0.2) is 29.5 Å². The first-order valence-corrected chi connectivity index (χ1v) is 7.17. The number of rotatable bonds is 8. The second-order valence-electron chi connectivity index (χ2n) is 5.09. The summed E-state index contributed by atoms with van der Waals surface area (Å²) in [5.74, 6) is 0. The van der Waals surface area contributed by atoms with Gasteiger partial charge in [0.05, 0.1) is 18.0 Å². The molecular formula is C16H23N3O. The standard InChI is InChI=1S/C16H23N3O/c1-13(2)20-10-6-9-17-11-15-12-18-19-16(15)14-7-4-3-5-8-14/h3-5,7-8,12-13,17H,6,9-11H2,1-2H3,(H,18,19). The van der Waals surface area contributed by atoms with Crippen molar-refractivity contribution in [1.29, 1.82) is 0 Å². The molecule has 0 amide bonds. The summed E-state index contributed by atoms with van der Waals surface area (Å²) in [5, 5.41) is 10.7. The number of nitrogens with one attached hydrogen (secondary N) is 2. The van der Waals surface area contributed by atoms with Gasteiger partial charge in [-0.1, -0.05) is 30.3 Å². The molecule has 4 heteroatoms. The highest BCUT2D eigenvalue weighted by molar-refractivity contribution is 5.62. The van der Waals surface area contributed by atoms with E-state index in [2.05, 4.69) is 41.5 Å². The molecule has 0 radical (unpaired) electrons. The van der Waals surface area contributed by atoms with Crippen LogP contribution in [0.2, 0.25) is 0 Å². The number of aromatic nitrogens is 2. The summed E-state index contributed by atoms with van der Waals surface area (Å²) >= 11 is 0. The van der Waals surface area contributed by atoms with Crippen LogP contribution in [0.3, 0.4) is 0 Å². The lowest BCUT2D eigenvalue weighted by molar-refractivity contribution is 0.0770. The highest BCUT2D eigenvalue weighted by Gasteiger charge is 2.06. The van der Waals surface area contributed by atoms with Crippen LogP contribution in [0.5, 0.6) is 0 Å². The molecule has 0 saturated carbocycles. The van der Waals surface area contributed by atoms with E-state index < -0.39 is 0 Å². The van der Waals surface area contributed by atoms with E-state index in [4.69, 9.17) is 4.74 Å². The van der Waals surface area contributed by atoms with Gasteiger partial charge in [-0.05, 0) is 32.4 Å². The molecule has 108 valence electrons. The molecule has 1 aromatic carbocycles. The Balaban J connectivity index is 1.78. The van der Waals surface area contributed by atoms with E-state index in [9.17, 15) is 0 Å². The Hall–Kier alpha value is -1.65. The first kappa shape index (κ1) is 14.8. The summed E-state index contributed by atoms with van der Waals surface area (Å²) in [4.78, 5) is 0. The van der Waals surface area contributed by atoms with Crippen molar-refractivity contribution in [2.45, 2.75) is 32.9 Å². The number of hydrogen-bond acceptors (Lipinski definition) is 3. The van der Waals surface area contributed by atoms with E-state index in [1.807, 2.05) is 24.4 Å². The monoisotopic (exact) mass is 273 g/mol. The van der Waals surface area contributed by atoms with Gasteiger partial charge in [0.25, 0.3) is 0 Å². The van der Waals surface area contributed by atoms with Gasteiger partial charge >= 0.3 is 0 Å². The quantitative estimate of drug-likeness (QED) is 0.727. The van der Waals surface area contributed by atoms with Crippen LogP contribution in [0.15, 0.2) is 36.5 Å². The normalized spacial score (nSPS) is 11.2. The third-order valence-electron chi connectivity index (χ3n) is 3.04. The van der Waals surface area contributed by atoms with Crippen LogP contribution in [0, 0.1) is 0 Å². The minimum absolute atomic E-state index is 0.313. The van der Waals surface area contributed by atoms with Crippen molar-refractivity contribution in [3.8, 4) is 11.3 Å². The molecule has 0 fully saturated rings. The van der Waals surface area contributed by atoms with Crippen molar-refractivity contribution in [1.82, 2.24) is 15.5 Å². The summed E-state index contributed by atoms with van der Waals surface area (Å²) in [5.41, 5.74) is 3.46. The Labute approximate surface area is 120 Å². The Morgan fingerprint density at radius 1 is 1.25 bits per heavy atom. The van der Waals surface area contributed by atoms with Crippen molar-refractivity contribution in [3.63, 3.8) is 0 Å². The first-order chi connectivity index (χ1) is 9.77. The largest absolute Gasteiger partial charge is 0.379 e. The number of hydrogen-bond donors (Lipinski definition) is 2. The molecule has 0 bridgehead atoms. The Bertz CT molecular complexity index is 493. The molecule has 0 spiro atoms. The molecule has 4 nitrogen and oxygen atoms in total. The molecular weight excluding hydrogens is 250 g/mol. The third-order valence-corrected chi connectivity index (χ3v) is 3.04. The summed E-state index contributed by atoms with van der Waals surface area (Å²) in [6.07, 6.45) is 3.23. The zero-order valence-corrected chi connectivity index (χ0v) is 12.2. The van der Waals surface area contributed by atoms with Gasteiger partial charge in [-0.25, -0.2) is 0 Å². The van der Waals surface area contributed by atoms with Crippen molar-refractivity contribution >= 4 is 0 Å². The number of nitrogens with zero attached hydrogens (tertiary/aromatic N) is 1. The zero-order chi connectivity index (χ0) is 14.2. The first-order valence-electron chi connectivity index (χ1n) is 7.17. The lowest BCUT2D eigenvalue weighted by Crippen LogP contribution is -2.17. The van der Waals surface area contributed by atoms with Crippen LogP contribution in [0.1, 0.15) is 25.8 Å². The van der Waals surface area contributed by atoms with Crippen LogP contribution >= 0.6 is 0 Å². The maximum absolute atomic E-state index is 5.51. The van der Waals surface area contributed by atoms with Gasteiger partial charge < -0.3 is 10.1 Å².